The van der Waals surface area contributed by atoms with Crippen molar-refractivity contribution in [1.82, 2.24) is 4.31 Å². The van der Waals surface area contributed by atoms with Crippen molar-refractivity contribution in [3.8, 4) is 11.5 Å². The van der Waals surface area contributed by atoms with Gasteiger partial charge in [-0.1, -0.05) is 17.7 Å². The molecule has 27 heavy (non-hydrogen) atoms. The average molecular weight is 430 g/mol. The number of hydrogen-bond donors (Lipinski definition) is 0. The number of rotatable bonds is 3. The molecule has 4 rings (SSSR count). The average Bonchev–Trinajstić information content (AvgIpc) is 2.97. The van der Waals surface area contributed by atoms with Crippen LogP contribution in [0.15, 0.2) is 41.3 Å². The van der Waals surface area contributed by atoms with Gasteiger partial charge in [0.2, 0.25) is 16.8 Å². The Hall–Kier alpha value is -1.48. The van der Waals surface area contributed by atoms with E-state index in [0.717, 1.165) is 23.1 Å². The van der Waals surface area contributed by atoms with Crippen LogP contribution in [0.5, 0.6) is 11.5 Å². The second kappa shape index (κ2) is 7.50. The molecule has 1 fully saturated rings. The molecule has 2 aliphatic rings. The summed E-state index contributed by atoms with van der Waals surface area (Å²) in [5.41, 5.74) is 1.09. The lowest BCUT2D eigenvalue weighted by atomic mass is 10.1. The molecule has 144 valence electrons. The molecule has 9 heteroatoms. The fraction of sp³-hybridized carbons (Fsp3) is 0.333. The molecule has 0 bridgehead atoms. The Labute approximate surface area is 166 Å². The Kier molecular flexibility index (Phi) is 5.24. The van der Waals surface area contributed by atoms with Crippen molar-refractivity contribution >= 4 is 33.4 Å². The van der Waals surface area contributed by atoms with Gasteiger partial charge in [-0.25, -0.2) is 12.8 Å². The van der Waals surface area contributed by atoms with E-state index in [1.807, 2.05) is 18.2 Å². The number of hydrogen-bond acceptors (Lipinski definition) is 5. The lowest BCUT2D eigenvalue weighted by Crippen LogP contribution is -2.33. The maximum atomic E-state index is 13.4. The van der Waals surface area contributed by atoms with Gasteiger partial charge in [-0.3, -0.25) is 0 Å². The first-order valence-electron chi connectivity index (χ1n) is 8.41. The van der Waals surface area contributed by atoms with Crippen molar-refractivity contribution in [3.63, 3.8) is 0 Å². The Morgan fingerprint density at radius 1 is 1.11 bits per heavy atom. The van der Waals surface area contributed by atoms with Crippen LogP contribution in [0.1, 0.15) is 17.2 Å². The fourth-order valence-electron chi connectivity index (χ4n) is 3.16. The Bertz CT molecular complexity index is 970. The van der Waals surface area contributed by atoms with E-state index < -0.39 is 15.8 Å². The largest absolute Gasteiger partial charge is 0.454 e. The second-order valence-electron chi connectivity index (χ2n) is 6.24. The highest BCUT2D eigenvalue weighted by atomic mass is 35.5. The zero-order chi connectivity index (χ0) is 19.0. The number of fused-ring (bicyclic) bond motifs is 1. The summed E-state index contributed by atoms with van der Waals surface area (Å²) < 4.78 is 51.4. The highest BCUT2D eigenvalue weighted by Crippen LogP contribution is 2.40. The molecule has 1 saturated heterocycles. The van der Waals surface area contributed by atoms with Crippen LogP contribution in [-0.2, 0) is 10.0 Å². The molecular formula is C18H17ClFNO4S2. The molecule has 0 saturated carbocycles. The summed E-state index contributed by atoms with van der Waals surface area (Å²) in [6.45, 7) is 0.995. The topological polar surface area (TPSA) is 55.8 Å². The van der Waals surface area contributed by atoms with Crippen LogP contribution >= 0.6 is 23.4 Å². The number of nitrogens with zero attached hydrogens (tertiary/aromatic N) is 1. The minimum atomic E-state index is -3.72. The molecule has 0 aromatic heterocycles. The zero-order valence-electron chi connectivity index (χ0n) is 14.2. The van der Waals surface area contributed by atoms with E-state index in [1.54, 1.807) is 11.8 Å². The Morgan fingerprint density at radius 2 is 1.93 bits per heavy atom. The molecule has 2 heterocycles. The Morgan fingerprint density at radius 3 is 2.74 bits per heavy atom. The monoisotopic (exact) mass is 429 g/mol. The summed E-state index contributed by atoms with van der Waals surface area (Å²) in [6, 6.07) is 9.35. The van der Waals surface area contributed by atoms with Gasteiger partial charge in [0, 0.05) is 24.1 Å². The first kappa shape index (κ1) is 18.9. The van der Waals surface area contributed by atoms with E-state index in [-0.39, 0.29) is 22.0 Å². The van der Waals surface area contributed by atoms with Crippen LogP contribution < -0.4 is 9.47 Å². The predicted molar refractivity (Wildman–Crippen MR) is 103 cm³/mol. The summed E-state index contributed by atoms with van der Waals surface area (Å²) in [6.07, 6.45) is 0.665. The summed E-state index contributed by atoms with van der Waals surface area (Å²) in [4.78, 5) is 0.0143. The van der Waals surface area contributed by atoms with E-state index in [9.17, 15) is 12.8 Å². The fourth-order valence-corrected chi connectivity index (χ4v) is 6.22. The van der Waals surface area contributed by atoms with Crippen molar-refractivity contribution in [2.45, 2.75) is 16.6 Å². The first-order chi connectivity index (χ1) is 12.9. The van der Waals surface area contributed by atoms with Crippen LogP contribution in [0.25, 0.3) is 0 Å². The van der Waals surface area contributed by atoms with Crippen LogP contribution in [0.2, 0.25) is 5.02 Å². The van der Waals surface area contributed by atoms with Gasteiger partial charge >= 0.3 is 0 Å². The van der Waals surface area contributed by atoms with Crippen molar-refractivity contribution in [1.29, 1.82) is 0 Å². The molecule has 2 aromatic carbocycles. The molecule has 0 radical (unpaired) electrons. The van der Waals surface area contributed by atoms with Gasteiger partial charge in [-0.05, 0) is 42.3 Å². The standard InChI is InChI=1S/C18H17ClFNO4S2/c19-14-10-13(2-3-15(14)20)27(22,23)21-6-5-18(26-8-7-21)12-1-4-16-17(9-12)25-11-24-16/h1-4,9-10,18H,5-8,11H2/t18-/m0/s1. The highest BCUT2D eigenvalue weighted by molar-refractivity contribution is 7.99. The third kappa shape index (κ3) is 3.76. The van der Waals surface area contributed by atoms with Gasteiger partial charge in [0.1, 0.15) is 5.82 Å². The Balaban J connectivity index is 1.52. The number of halogens is 2. The van der Waals surface area contributed by atoms with Gasteiger partial charge in [0.25, 0.3) is 0 Å². The molecule has 0 N–H and O–H groups in total. The molecule has 0 spiro atoms. The first-order valence-corrected chi connectivity index (χ1v) is 11.3. The molecule has 2 aliphatic heterocycles. The molecule has 1 atom stereocenters. The lowest BCUT2D eigenvalue weighted by Gasteiger charge is -2.20. The number of sulfonamides is 1. The van der Waals surface area contributed by atoms with Crippen molar-refractivity contribution in [3.05, 3.63) is 52.8 Å². The molecule has 0 amide bonds. The van der Waals surface area contributed by atoms with E-state index in [0.29, 0.717) is 25.3 Å². The van der Waals surface area contributed by atoms with Gasteiger partial charge in [0.05, 0.1) is 9.92 Å². The van der Waals surface area contributed by atoms with Gasteiger partial charge in [-0.2, -0.15) is 16.1 Å². The number of ether oxygens (including phenoxy) is 2. The van der Waals surface area contributed by atoms with E-state index in [4.69, 9.17) is 21.1 Å². The quantitative estimate of drug-likeness (QED) is 0.736. The third-order valence-electron chi connectivity index (χ3n) is 4.60. The zero-order valence-corrected chi connectivity index (χ0v) is 16.6. The normalized spacial score (nSPS) is 20.4. The maximum absolute atomic E-state index is 13.4. The van der Waals surface area contributed by atoms with Crippen molar-refractivity contribution in [2.75, 3.05) is 25.6 Å². The summed E-state index contributed by atoms with van der Waals surface area (Å²) in [5, 5.41) is -0.0324. The number of thioether (sulfide) groups is 1. The van der Waals surface area contributed by atoms with E-state index in [2.05, 4.69) is 0 Å². The minimum absolute atomic E-state index is 0.0143. The number of benzene rings is 2. The second-order valence-corrected chi connectivity index (χ2v) is 9.90. The third-order valence-corrected chi connectivity index (χ3v) is 8.11. The minimum Gasteiger partial charge on any atom is -0.454 e. The maximum Gasteiger partial charge on any atom is 0.243 e. The molecule has 5 nitrogen and oxygen atoms in total. The smallest absolute Gasteiger partial charge is 0.243 e. The lowest BCUT2D eigenvalue weighted by molar-refractivity contribution is 0.174. The highest BCUT2D eigenvalue weighted by Gasteiger charge is 2.29. The molecule has 0 unspecified atom stereocenters. The summed E-state index contributed by atoms with van der Waals surface area (Å²) in [7, 11) is -3.72. The summed E-state index contributed by atoms with van der Waals surface area (Å²) >= 11 is 7.47. The summed E-state index contributed by atoms with van der Waals surface area (Å²) in [5.74, 6) is 1.48. The van der Waals surface area contributed by atoms with Gasteiger partial charge in [0.15, 0.2) is 11.5 Å². The van der Waals surface area contributed by atoms with Crippen molar-refractivity contribution < 1.29 is 22.3 Å². The molecular weight excluding hydrogens is 413 g/mol. The van der Waals surface area contributed by atoms with Crippen LogP contribution in [-0.4, -0.2) is 38.4 Å². The van der Waals surface area contributed by atoms with Gasteiger partial charge in [-0.15, -0.1) is 0 Å². The van der Waals surface area contributed by atoms with Crippen molar-refractivity contribution in [2.24, 2.45) is 0 Å². The van der Waals surface area contributed by atoms with E-state index >= 15 is 0 Å². The van der Waals surface area contributed by atoms with E-state index in [1.165, 1.54) is 16.4 Å². The molecule has 0 aliphatic carbocycles. The predicted octanol–water partition coefficient (Wildman–Crippen LogP) is 4.08. The van der Waals surface area contributed by atoms with Crippen LogP contribution in [0.3, 0.4) is 0 Å². The molecule has 2 aromatic rings. The van der Waals surface area contributed by atoms with Gasteiger partial charge < -0.3 is 9.47 Å². The van der Waals surface area contributed by atoms with Crippen LogP contribution in [0, 0.1) is 5.82 Å². The SMILES string of the molecule is O=S(=O)(c1ccc(F)c(Cl)c1)N1CCS[C@H](c2ccc3c(c2)OCO3)CC1. The van der Waals surface area contributed by atoms with Crippen LogP contribution in [0.4, 0.5) is 4.39 Å².